The van der Waals surface area contributed by atoms with Gasteiger partial charge in [0.1, 0.15) is 5.82 Å². The second kappa shape index (κ2) is 6.16. The van der Waals surface area contributed by atoms with Gasteiger partial charge in [-0.1, -0.05) is 12.1 Å². The molecule has 4 heteroatoms. The van der Waals surface area contributed by atoms with E-state index in [1.807, 2.05) is 19.2 Å². The number of hydrogen-bond donors (Lipinski definition) is 1. The number of benzene rings is 1. The van der Waals surface area contributed by atoms with Crippen LogP contribution in [0.4, 0.5) is 10.1 Å². The van der Waals surface area contributed by atoms with Gasteiger partial charge in [-0.3, -0.25) is 0 Å². The summed E-state index contributed by atoms with van der Waals surface area (Å²) in [6, 6.07) is 7.49. The normalized spacial score (nSPS) is 21.9. The predicted molar refractivity (Wildman–Crippen MR) is 73.6 cm³/mol. The second-order valence-corrected chi connectivity index (χ2v) is 4.94. The summed E-state index contributed by atoms with van der Waals surface area (Å²) in [5, 5.41) is 3.22. The molecule has 1 aliphatic heterocycles. The molecule has 1 aliphatic rings. The molecular weight excluding hydrogens is 229 g/mol. The average molecular weight is 251 g/mol. The van der Waals surface area contributed by atoms with Crippen molar-refractivity contribution in [1.29, 1.82) is 0 Å². The summed E-state index contributed by atoms with van der Waals surface area (Å²) in [6.07, 6.45) is 1.07. The third-order valence-corrected chi connectivity index (χ3v) is 3.63. The SMILES string of the molecule is CNCC1CN(c2ccccc2F)CCCN1C. The first kappa shape index (κ1) is 13.3. The molecule has 0 radical (unpaired) electrons. The maximum Gasteiger partial charge on any atom is 0.146 e. The topological polar surface area (TPSA) is 18.5 Å². The van der Waals surface area contributed by atoms with Gasteiger partial charge in [-0.15, -0.1) is 0 Å². The third-order valence-electron chi connectivity index (χ3n) is 3.63. The molecule has 3 nitrogen and oxygen atoms in total. The Morgan fingerprint density at radius 1 is 1.33 bits per heavy atom. The first-order valence-electron chi connectivity index (χ1n) is 6.56. The van der Waals surface area contributed by atoms with Crippen molar-refractivity contribution < 1.29 is 4.39 Å². The molecule has 0 aromatic heterocycles. The largest absolute Gasteiger partial charge is 0.368 e. The molecule has 0 aliphatic carbocycles. The van der Waals surface area contributed by atoms with Gasteiger partial charge in [0.2, 0.25) is 0 Å². The van der Waals surface area contributed by atoms with Crippen LogP contribution >= 0.6 is 0 Å². The van der Waals surface area contributed by atoms with Crippen LogP contribution in [0.3, 0.4) is 0 Å². The highest BCUT2D eigenvalue weighted by atomic mass is 19.1. The van der Waals surface area contributed by atoms with E-state index in [0.717, 1.165) is 38.3 Å². The highest BCUT2D eigenvalue weighted by Crippen LogP contribution is 2.21. The van der Waals surface area contributed by atoms with Crippen LogP contribution in [0.15, 0.2) is 24.3 Å². The van der Waals surface area contributed by atoms with Crippen LogP contribution in [-0.4, -0.2) is 51.2 Å². The Balaban J connectivity index is 2.15. The van der Waals surface area contributed by atoms with Crippen molar-refractivity contribution in [2.45, 2.75) is 12.5 Å². The van der Waals surface area contributed by atoms with Crippen molar-refractivity contribution in [2.24, 2.45) is 0 Å². The summed E-state index contributed by atoms with van der Waals surface area (Å²) >= 11 is 0. The summed E-state index contributed by atoms with van der Waals surface area (Å²) in [5.41, 5.74) is 0.730. The van der Waals surface area contributed by atoms with E-state index in [1.165, 1.54) is 6.07 Å². The molecule has 100 valence electrons. The number of hydrogen-bond acceptors (Lipinski definition) is 3. The quantitative estimate of drug-likeness (QED) is 0.879. The number of rotatable bonds is 3. The first-order valence-corrected chi connectivity index (χ1v) is 6.56. The van der Waals surface area contributed by atoms with E-state index in [9.17, 15) is 4.39 Å². The zero-order chi connectivity index (χ0) is 13.0. The lowest BCUT2D eigenvalue weighted by Gasteiger charge is -2.30. The maximum atomic E-state index is 13.8. The van der Waals surface area contributed by atoms with Crippen LogP contribution in [0.2, 0.25) is 0 Å². The Hall–Kier alpha value is -1.13. The van der Waals surface area contributed by atoms with Gasteiger partial charge in [0.25, 0.3) is 0 Å². The lowest BCUT2D eigenvalue weighted by atomic mass is 10.2. The highest BCUT2D eigenvalue weighted by Gasteiger charge is 2.23. The Morgan fingerprint density at radius 2 is 2.11 bits per heavy atom. The number of halogens is 1. The zero-order valence-corrected chi connectivity index (χ0v) is 11.2. The van der Waals surface area contributed by atoms with E-state index in [4.69, 9.17) is 0 Å². The number of anilines is 1. The number of nitrogens with zero attached hydrogens (tertiary/aromatic N) is 2. The molecule has 1 atom stereocenters. The molecule has 1 aromatic carbocycles. The zero-order valence-electron chi connectivity index (χ0n) is 11.2. The Morgan fingerprint density at radius 3 is 2.83 bits per heavy atom. The summed E-state index contributed by atoms with van der Waals surface area (Å²) in [7, 11) is 4.11. The summed E-state index contributed by atoms with van der Waals surface area (Å²) in [6.45, 7) is 3.79. The van der Waals surface area contributed by atoms with E-state index in [2.05, 4.69) is 22.2 Å². The van der Waals surface area contributed by atoms with Gasteiger partial charge in [0, 0.05) is 25.7 Å². The molecule has 1 heterocycles. The fraction of sp³-hybridized carbons (Fsp3) is 0.571. The van der Waals surface area contributed by atoms with Crippen molar-refractivity contribution in [3.05, 3.63) is 30.1 Å². The molecule has 1 unspecified atom stereocenters. The molecule has 0 saturated carbocycles. The minimum atomic E-state index is -0.120. The van der Waals surface area contributed by atoms with Crippen LogP contribution in [0.1, 0.15) is 6.42 Å². The summed E-state index contributed by atoms with van der Waals surface area (Å²) < 4.78 is 13.8. The molecule has 0 amide bonds. The highest BCUT2D eigenvalue weighted by molar-refractivity contribution is 5.47. The number of likely N-dealkylation sites (N-methyl/N-ethyl adjacent to an activating group) is 2. The molecule has 1 fully saturated rings. The van der Waals surface area contributed by atoms with Crippen LogP contribution in [0.5, 0.6) is 0 Å². The molecule has 0 bridgehead atoms. The van der Waals surface area contributed by atoms with Crippen molar-refractivity contribution in [2.75, 3.05) is 45.2 Å². The van der Waals surface area contributed by atoms with Crippen LogP contribution < -0.4 is 10.2 Å². The van der Waals surface area contributed by atoms with Gasteiger partial charge in [-0.25, -0.2) is 4.39 Å². The Labute approximate surface area is 109 Å². The van der Waals surface area contributed by atoms with Crippen molar-refractivity contribution in [1.82, 2.24) is 10.2 Å². The molecule has 0 spiro atoms. The average Bonchev–Trinajstić information content (AvgIpc) is 2.54. The monoisotopic (exact) mass is 251 g/mol. The molecular formula is C14H22FN3. The van der Waals surface area contributed by atoms with E-state index in [-0.39, 0.29) is 5.82 Å². The van der Waals surface area contributed by atoms with Gasteiger partial charge in [0.05, 0.1) is 5.69 Å². The molecule has 18 heavy (non-hydrogen) atoms. The van der Waals surface area contributed by atoms with E-state index < -0.39 is 0 Å². The van der Waals surface area contributed by atoms with Gasteiger partial charge >= 0.3 is 0 Å². The van der Waals surface area contributed by atoms with E-state index in [0.29, 0.717) is 6.04 Å². The van der Waals surface area contributed by atoms with Crippen LogP contribution in [0, 0.1) is 5.82 Å². The molecule has 1 aromatic rings. The molecule has 2 rings (SSSR count). The van der Waals surface area contributed by atoms with Crippen molar-refractivity contribution in [3.8, 4) is 0 Å². The summed E-state index contributed by atoms with van der Waals surface area (Å²) in [5.74, 6) is -0.120. The maximum absolute atomic E-state index is 13.8. The Kier molecular flexibility index (Phi) is 4.55. The lowest BCUT2D eigenvalue weighted by Crippen LogP contribution is -2.44. The van der Waals surface area contributed by atoms with E-state index >= 15 is 0 Å². The van der Waals surface area contributed by atoms with Gasteiger partial charge in [-0.2, -0.15) is 0 Å². The fourth-order valence-corrected chi connectivity index (χ4v) is 2.56. The second-order valence-electron chi connectivity index (χ2n) is 4.94. The first-order chi connectivity index (χ1) is 8.72. The number of nitrogens with one attached hydrogen (secondary N) is 1. The smallest absolute Gasteiger partial charge is 0.146 e. The number of para-hydroxylation sites is 1. The van der Waals surface area contributed by atoms with Crippen LogP contribution in [0.25, 0.3) is 0 Å². The molecule has 1 N–H and O–H groups in total. The van der Waals surface area contributed by atoms with Gasteiger partial charge < -0.3 is 15.1 Å². The minimum absolute atomic E-state index is 0.120. The minimum Gasteiger partial charge on any atom is -0.368 e. The Bertz CT molecular complexity index is 383. The van der Waals surface area contributed by atoms with Crippen molar-refractivity contribution in [3.63, 3.8) is 0 Å². The fourth-order valence-electron chi connectivity index (χ4n) is 2.56. The van der Waals surface area contributed by atoms with Crippen LogP contribution in [-0.2, 0) is 0 Å². The lowest BCUT2D eigenvalue weighted by molar-refractivity contribution is 0.257. The summed E-state index contributed by atoms with van der Waals surface area (Å²) in [4.78, 5) is 4.53. The predicted octanol–water partition coefficient (Wildman–Crippen LogP) is 1.56. The standard InChI is InChI=1S/C14H22FN3/c1-16-10-12-11-18(9-5-8-17(12)2)14-7-4-3-6-13(14)15/h3-4,6-7,12,16H,5,8-11H2,1-2H3. The molecule has 1 saturated heterocycles. The van der Waals surface area contributed by atoms with Gasteiger partial charge in [-0.05, 0) is 39.2 Å². The van der Waals surface area contributed by atoms with E-state index in [1.54, 1.807) is 6.07 Å². The van der Waals surface area contributed by atoms with Gasteiger partial charge in [0.15, 0.2) is 0 Å². The van der Waals surface area contributed by atoms with Crippen molar-refractivity contribution >= 4 is 5.69 Å². The third kappa shape index (κ3) is 3.00.